The zero-order valence-electron chi connectivity index (χ0n) is 11.6. The van der Waals surface area contributed by atoms with Crippen LogP contribution in [-0.2, 0) is 14.9 Å². The molecule has 0 aliphatic heterocycles. The Morgan fingerprint density at radius 3 is 2.17 bits per heavy atom. The smallest absolute Gasteiger partial charge is 0.342 e. The average molecular weight is 345 g/mol. The molecular formula is C14H10F3NO4S. The van der Waals surface area contributed by atoms with Crippen molar-refractivity contribution in [2.24, 2.45) is 0 Å². The molecule has 5 nitrogen and oxygen atoms in total. The minimum Gasteiger partial charge on any atom is -0.379 e. The number of hydrogen-bond donors (Lipinski definition) is 1. The van der Waals surface area contributed by atoms with Gasteiger partial charge in [0.2, 0.25) is 5.91 Å². The molecule has 0 unspecified atom stereocenters. The highest BCUT2D eigenvalue weighted by atomic mass is 32.2. The van der Waals surface area contributed by atoms with Gasteiger partial charge in [0.05, 0.1) is 0 Å². The van der Waals surface area contributed by atoms with E-state index in [1.54, 1.807) is 0 Å². The molecule has 0 radical (unpaired) electrons. The number of halogens is 3. The molecule has 9 heteroatoms. The summed E-state index contributed by atoms with van der Waals surface area (Å²) in [4.78, 5) is 9.74. The summed E-state index contributed by atoms with van der Waals surface area (Å²) in [5, 5.41) is 2.45. The molecule has 1 N–H and O–H groups in total. The Balaban J connectivity index is 2.28. The van der Waals surface area contributed by atoms with Crippen LogP contribution in [0.3, 0.4) is 0 Å². The van der Waals surface area contributed by atoms with Gasteiger partial charge in [0.25, 0.3) is 0 Å². The third-order valence-corrected chi connectivity index (χ3v) is 3.92. The highest BCUT2D eigenvalue weighted by Crippen LogP contribution is 2.24. The van der Waals surface area contributed by atoms with Crippen LogP contribution < -0.4 is 9.50 Å². The Hall–Kier alpha value is -2.55. The van der Waals surface area contributed by atoms with Gasteiger partial charge in [0.15, 0.2) is 17.5 Å². The van der Waals surface area contributed by atoms with Gasteiger partial charge < -0.3 is 9.50 Å². The molecule has 2 aromatic rings. The van der Waals surface area contributed by atoms with Gasteiger partial charge in [-0.3, -0.25) is 4.79 Å². The molecule has 2 aromatic carbocycles. The molecule has 2 rings (SSSR count). The molecule has 0 atom stereocenters. The quantitative estimate of drug-likeness (QED) is 0.683. The van der Waals surface area contributed by atoms with Gasteiger partial charge in [-0.25, -0.2) is 13.2 Å². The van der Waals surface area contributed by atoms with Crippen LogP contribution in [0.4, 0.5) is 18.9 Å². The first-order chi connectivity index (χ1) is 10.7. The van der Waals surface area contributed by atoms with E-state index in [1.807, 2.05) is 0 Å². The predicted octanol–water partition coefficient (Wildman–Crippen LogP) is 2.83. The molecule has 0 spiro atoms. The van der Waals surface area contributed by atoms with E-state index in [1.165, 1.54) is 31.2 Å². The largest absolute Gasteiger partial charge is 0.379 e. The summed E-state index contributed by atoms with van der Waals surface area (Å²) < 4.78 is 68.0. The van der Waals surface area contributed by atoms with Gasteiger partial charge >= 0.3 is 10.1 Å². The number of carbonyl (C=O) groups excluding carboxylic acids is 1. The van der Waals surface area contributed by atoms with Crippen molar-refractivity contribution < 1.29 is 30.6 Å². The Morgan fingerprint density at radius 1 is 1.00 bits per heavy atom. The highest BCUT2D eigenvalue weighted by molar-refractivity contribution is 7.87. The van der Waals surface area contributed by atoms with Gasteiger partial charge in [0, 0.05) is 12.6 Å². The van der Waals surface area contributed by atoms with Crippen LogP contribution in [0.5, 0.6) is 5.75 Å². The van der Waals surface area contributed by atoms with Crippen molar-refractivity contribution in [3.8, 4) is 5.75 Å². The summed E-state index contributed by atoms with van der Waals surface area (Å²) in [6.07, 6.45) is 0. The number of hydrogen-bond acceptors (Lipinski definition) is 4. The Morgan fingerprint density at radius 2 is 1.61 bits per heavy atom. The summed E-state index contributed by atoms with van der Waals surface area (Å²) in [5.41, 5.74) is 0.390. The molecule has 0 aliphatic carbocycles. The second-order valence-corrected chi connectivity index (χ2v) is 5.93. The number of anilines is 1. The Kier molecular flexibility index (Phi) is 4.60. The number of rotatable bonds is 4. The van der Waals surface area contributed by atoms with E-state index in [-0.39, 0.29) is 11.7 Å². The maximum absolute atomic E-state index is 13.5. The van der Waals surface area contributed by atoms with E-state index in [4.69, 9.17) is 0 Å². The number of amides is 1. The summed E-state index contributed by atoms with van der Waals surface area (Å²) >= 11 is 0. The molecule has 0 fully saturated rings. The molecule has 1 amide bonds. The minimum atomic E-state index is -4.69. The van der Waals surface area contributed by atoms with Crippen LogP contribution in [0.25, 0.3) is 0 Å². The van der Waals surface area contributed by atoms with Crippen LogP contribution in [0, 0.1) is 17.5 Å². The van der Waals surface area contributed by atoms with Crippen LogP contribution in [0.15, 0.2) is 41.3 Å². The minimum absolute atomic E-state index is 0.191. The standard InChI is InChI=1S/C14H10F3NO4S/c1-8(19)18-9-2-4-10(5-3-9)22-23(20,21)12-7-6-11(15)13(16)14(12)17/h2-7H,1H3,(H,18,19). The normalized spacial score (nSPS) is 11.1. The lowest BCUT2D eigenvalue weighted by atomic mass is 10.3. The maximum Gasteiger partial charge on any atom is 0.342 e. The van der Waals surface area contributed by atoms with Gasteiger partial charge in [-0.2, -0.15) is 8.42 Å². The van der Waals surface area contributed by atoms with Crippen LogP contribution >= 0.6 is 0 Å². The molecule has 0 saturated carbocycles. The molecule has 0 aliphatic rings. The zero-order chi connectivity index (χ0) is 17.2. The fraction of sp³-hybridized carbons (Fsp3) is 0.0714. The molecule has 0 bridgehead atoms. The monoisotopic (exact) mass is 345 g/mol. The summed E-state index contributed by atoms with van der Waals surface area (Å²) in [5.74, 6) is -5.80. The lowest BCUT2D eigenvalue weighted by Gasteiger charge is -2.09. The molecule has 23 heavy (non-hydrogen) atoms. The van der Waals surface area contributed by atoms with Gasteiger partial charge in [-0.05, 0) is 36.4 Å². The van der Waals surface area contributed by atoms with Crippen molar-refractivity contribution in [1.82, 2.24) is 0 Å². The van der Waals surface area contributed by atoms with Crippen molar-refractivity contribution in [3.05, 3.63) is 53.8 Å². The maximum atomic E-state index is 13.5. The molecule has 0 heterocycles. The Bertz CT molecular complexity index is 851. The third-order valence-electron chi connectivity index (χ3n) is 2.65. The molecule has 0 saturated heterocycles. The van der Waals surface area contributed by atoms with Crippen LogP contribution in [0.1, 0.15) is 6.92 Å². The first-order valence-corrected chi connectivity index (χ1v) is 7.57. The Labute approximate surface area is 129 Å². The SMILES string of the molecule is CC(=O)Nc1ccc(OS(=O)(=O)c2ccc(F)c(F)c2F)cc1. The van der Waals surface area contributed by atoms with Crippen molar-refractivity contribution in [2.45, 2.75) is 11.8 Å². The second kappa shape index (κ2) is 6.29. The first kappa shape index (κ1) is 16.8. The summed E-state index contributed by atoms with van der Waals surface area (Å²) in [7, 11) is -4.69. The van der Waals surface area contributed by atoms with Crippen LogP contribution in [0.2, 0.25) is 0 Å². The van der Waals surface area contributed by atoms with Crippen molar-refractivity contribution in [1.29, 1.82) is 0 Å². The summed E-state index contributed by atoms with van der Waals surface area (Å²) in [6, 6.07) is 6.17. The van der Waals surface area contributed by atoms with E-state index >= 15 is 0 Å². The van der Waals surface area contributed by atoms with Gasteiger partial charge in [-0.15, -0.1) is 0 Å². The van der Waals surface area contributed by atoms with E-state index in [2.05, 4.69) is 9.50 Å². The molecule has 122 valence electrons. The van der Waals surface area contributed by atoms with Crippen LogP contribution in [-0.4, -0.2) is 14.3 Å². The van der Waals surface area contributed by atoms with Gasteiger partial charge in [0.1, 0.15) is 10.6 Å². The van der Waals surface area contributed by atoms with Crippen molar-refractivity contribution in [2.75, 3.05) is 5.32 Å². The van der Waals surface area contributed by atoms with E-state index in [0.717, 1.165) is 0 Å². The fourth-order valence-corrected chi connectivity index (χ4v) is 2.67. The molecule has 0 aromatic heterocycles. The van der Waals surface area contributed by atoms with E-state index < -0.39 is 32.5 Å². The lowest BCUT2D eigenvalue weighted by Crippen LogP contribution is -2.13. The van der Waals surface area contributed by atoms with Gasteiger partial charge in [-0.1, -0.05) is 0 Å². The van der Waals surface area contributed by atoms with E-state index in [0.29, 0.717) is 17.8 Å². The summed E-state index contributed by atoms with van der Waals surface area (Å²) in [6.45, 7) is 1.29. The average Bonchev–Trinajstić information content (AvgIpc) is 2.46. The number of carbonyl (C=O) groups is 1. The third kappa shape index (κ3) is 3.81. The number of benzene rings is 2. The second-order valence-electron chi connectivity index (χ2n) is 4.42. The van der Waals surface area contributed by atoms with Crippen molar-refractivity contribution in [3.63, 3.8) is 0 Å². The predicted molar refractivity (Wildman–Crippen MR) is 74.9 cm³/mol. The highest BCUT2D eigenvalue weighted by Gasteiger charge is 2.25. The lowest BCUT2D eigenvalue weighted by molar-refractivity contribution is -0.114. The topological polar surface area (TPSA) is 72.5 Å². The fourth-order valence-electron chi connectivity index (χ4n) is 1.67. The zero-order valence-corrected chi connectivity index (χ0v) is 12.5. The van der Waals surface area contributed by atoms with E-state index in [9.17, 15) is 26.4 Å². The first-order valence-electron chi connectivity index (χ1n) is 6.16. The number of nitrogens with one attached hydrogen (secondary N) is 1. The molecular weight excluding hydrogens is 335 g/mol. The van der Waals surface area contributed by atoms with Crippen molar-refractivity contribution >= 4 is 21.7 Å².